The van der Waals surface area contributed by atoms with E-state index in [0.29, 0.717) is 6.42 Å². The number of amides is 1. The number of hydrogen-bond acceptors (Lipinski definition) is 4. The highest BCUT2D eigenvalue weighted by Crippen LogP contribution is 2.59. The first-order chi connectivity index (χ1) is 16.1. The smallest absolute Gasteiger partial charge is 0.248 e. The van der Waals surface area contributed by atoms with Crippen molar-refractivity contribution < 1.29 is 4.79 Å². The van der Waals surface area contributed by atoms with Crippen LogP contribution in [0.15, 0.2) is 94.4 Å². The average Bonchev–Trinajstić information content (AvgIpc) is 3.30. The second-order valence-corrected chi connectivity index (χ2v) is 10.7. The van der Waals surface area contributed by atoms with Gasteiger partial charge in [0.25, 0.3) is 0 Å². The number of benzene rings is 3. The summed E-state index contributed by atoms with van der Waals surface area (Å²) in [5, 5.41) is 8.65. The predicted octanol–water partition coefficient (Wildman–Crippen LogP) is 6.12. The first-order valence-electron chi connectivity index (χ1n) is 10.6. The Bertz CT molecular complexity index is 1350. The van der Waals surface area contributed by atoms with E-state index in [9.17, 15) is 4.79 Å². The molecule has 1 saturated heterocycles. The third-order valence-corrected chi connectivity index (χ3v) is 8.67. The zero-order chi connectivity index (χ0) is 22.6. The molecule has 0 aliphatic carbocycles. The lowest BCUT2D eigenvalue weighted by molar-refractivity contribution is -0.127. The second kappa shape index (κ2) is 8.01. The third-order valence-electron chi connectivity index (χ3n) is 6.30. The number of carbonyl (C=O) groups is 1. The van der Waals surface area contributed by atoms with E-state index >= 15 is 0 Å². The van der Waals surface area contributed by atoms with Gasteiger partial charge in [-0.1, -0.05) is 58.4 Å². The number of halogens is 2. The molecule has 2 aliphatic heterocycles. The molecule has 0 N–H and O–H groups in total. The summed E-state index contributed by atoms with van der Waals surface area (Å²) in [6, 6.07) is 26.0. The van der Waals surface area contributed by atoms with Gasteiger partial charge in [-0.05, 0) is 48.4 Å². The van der Waals surface area contributed by atoms with Crippen LogP contribution < -0.4 is 4.90 Å². The molecule has 1 amide bonds. The van der Waals surface area contributed by atoms with E-state index in [-0.39, 0.29) is 11.2 Å². The molecule has 8 heteroatoms. The van der Waals surface area contributed by atoms with Gasteiger partial charge in [0, 0.05) is 9.37 Å². The number of thioether (sulfide) groups is 1. The lowest BCUT2D eigenvalue weighted by atomic mass is 9.73. The highest BCUT2D eigenvalue weighted by atomic mass is 79.9. The van der Waals surface area contributed by atoms with Crippen LogP contribution in [0.2, 0.25) is 0 Å². The molecule has 3 unspecified atom stereocenters. The van der Waals surface area contributed by atoms with Crippen LogP contribution in [-0.2, 0) is 10.3 Å². The largest absolute Gasteiger partial charge is 0.298 e. The summed E-state index contributed by atoms with van der Waals surface area (Å²) in [7, 11) is 0. The maximum atomic E-state index is 13.1. The molecule has 5 nitrogen and oxygen atoms in total. The third kappa shape index (κ3) is 3.25. The number of fused-ring (bicyclic) bond motifs is 3. The fourth-order valence-corrected chi connectivity index (χ4v) is 6.70. The summed E-state index contributed by atoms with van der Waals surface area (Å²) in [5.74, 6) is -0.0683. The Hall–Kier alpha value is -2.61. The van der Waals surface area contributed by atoms with Crippen LogP contribution in [0.5, 0.6) is 0 Å². The van der Waals surface area contributed by atoms with Crippen molar-refractivity contribution in [1.29, 1.82) is 0 Å². The molecule has 6 rings (SSSR count). The molecule has 33 heavy (non-hydrogen) atoms. The Kier molecular flexibility index (Phi) is 5.09. The van der Waals surface area contributed by atoms with Crippen LogP contribution in [0, 0.1) is 0 Å². The van der Waals surface area contributed by atoms with Crippen LogP contribution in [0.4, 0.5) is 5.69 Å². The maximum Gasteiger partial charge on any atom is 0.248 e. The molecule has 3 aromatic carbocycles. The molecule has 0 radical (unpaired) electrons. The molecule has 3 heterocycles. The van der Waals surface area contributed by atoms with Crippen molar-refractivity contribution >= 4 is 50.9 Å². The summed E-state index contributed by atoms with van der Waals surface area (Å²) >= 11 is 12.1. The molecule has 1 aromatic heterocycles. The SMILES string of the molecule is O=C1C(Cl)C2(c3ccc(Br)cc3)CC(c3cnn(-c4ccccc4)n3)Sc3ccccc3N12. The van der Waals surface area contributed by atoms with Crippen molar-refractivity contribution in [3.05, 3.63) is 101 Å². The highest BCUT2D eigenvalue weighted by Gasteiger charge is 2.63. The summed E-state index contributed by atoms with van der Waals surface area (Å²) < 4.78 is 0.983. The van der Waals surface area contributed by atoms with Gasteiger partial charge in [-0.25, -0.2) is 0 Å². The summed E-state index contributed by atoms with van der Waals surface area (Å²) in [6.07, 6.45) is 2.45. The number of alkyl halides is 1. The van der Waals surface area contributed by atoms with Gasteiger partial charge in [0.2, 0.25) is 5.91 Å². The minimum atomic E-state index is -0.667. The van der Waals surface area contributed by atoms with E-state index in [1.807, 2.05) is 71.8 Å². The highest BCUT2D eigenvalue weighted by molar-refractivity contribution is 9.10. The van der Waals surface area contributed by atoms with Gasteiger partial charge in [0.05, 0.1) is 34.1 Å². The molecule has 0 saturated carbocycles. The Morgan fingerprint density at radius 2 is 1.73 bits per heavy atom. The summed E-state index contributed by atoms with van der Waals surface area (Å²) in [6.45, 7) is 0. The van der Waals surface area contributed by atoms with Crippen molar-refractivity contribution in [2.24, 2.45) is 0 Å². The van der Waals surface area contributed by atoms with Gasteiger partial charge >= 0.3 is 0 Å². The Morgan fingerprint density at radius 1 is 1.00 bits per heavy atom. The average molecular weight is 538 g/mol. The van der Waals surface area contributed by atoms with Gasteiger partial charge in [-0.3, -0.25) is 9.69 Å². The molecule has 3 atom stereocenters. The van der Waals surface area contributed by atoms with Gasteiger partial charge in [-0.15, -0.1) is 23.4 Å². The lowest BCUT2D eigenvalue weighted by Crippen LogP contribution is -2.70. The van der Waals surface area contributed by atoms with Crippen molar-refractivity contribution in [2.75, 3.05) is 4.90 Å². The van der Waals surface area contributed by atoms with Gasteiger partial charge < -0.3 is 0 Å². The minimum Gasteiger partial charge on any atom is -0.298 e. The van der Waals surface area contributed by atoms with E-state index in [1.54, 1.807) is 16.6 Å². The van der Waals surface area contributed by atoms with Crippen molar-refractivity contribution in [3.8, 4) is 5.69 Å². The Balaban J connectivity index is 1.49. The van der Waals surface area contributed by atoms with Crippen LogP contribution in [0.25, 0.3) is 5.69 Å². The van der Waals surface area contributed by atoms with E-state index in [2.05, 4.69) is 39.2 Å². The second-order valence-electron chi connectivity index (χ2n) is 8.14. The number of carbonyl (C=O) groups excluding carboxylic acids is 1. The van der Waals surface area contributed by atoms with Crippen molar-refractivity contribution in [2.45, 2.75) is 27.5 Å². The first kappa shape index (κ1) is 21.0. The van der Waals surface area contributed by atoms with Crippen LogP contribution in [-0.4, -0.2) is 26.3 Å². The molecular formula is C25H18BrClN4OS. The number of nitrogens with zero attached hydrogens (tertiary/aromatic N) is 4. The van der Waals surface area contributed by atoms with E-state index < -0.39 is 10.9 Å². The predicted molar refractivity (Wildman–Crippen MR) is 134 cm³/mol. The first-order valence-corrected chi connectivity index (χ1v) is 12.7. The summed E-state index contributed by atoms with van der Waals surface area (Å²) in [5.41, 5.74) is 3.01. The van der Waals surface area contributed by atoms with Crippen molar-refractivity contribution in [3.63, 3.8) is 0 Å². The van der Waals surface area contributed by atoms with Crippen LogP contribution in [0.3, 0.4) is 0 Å². The molecular weight excluding hydrogens is 520 g/mol. The maximum absolute atomic E-state index is 13.1. The number of anilines is 1. The molecule has 4 aromatic rings. The molecule has 2 aliphatic rings. The van der Waals surface area contributed by atoms with Gasteiger partial charge in [-0.2, -0.15) is 15.0 Å². The van der Waals surface area contributed by atoms with E-state index in [4.69, 9.17) is 16.7 Å². The molecule has 1 fully saturated rings. The van der Waals surface area contributed by atoms with Crippen LogP contribution in [0.1, 0.15) is 22.9 Å². The Morgan fingerprint density at radius 3 is 2.52 bits per heavy atom. The van der Waals surface area contributed by atoms with Crippen LogP contribution >= 0.6 is 39.3 Å². The summed E-state index contributed by atoms with van der Waals surface area (Å²) in [4.78, 5) is 17.7. The normalized spacial score (nSPS) is 23.9. The van der Waals surface area contributed by atoms with E-state index in [0.717, 1.165) is 32.0 Å². The molecule has 164 valence electrons. The van der Waals surface area contributed by atoms with E-state index in [1.165, 1.54) is 0 Å². The zero-order valence-electron chi connectivity index (χ0n) is 17.3. The zero-order valence-corrected chi connectivity index (χ0v) is 20.5. The fourth-order valence-electron chi connectivity index (χ4n) is 4.71. The number of para-hydroxylation sites is 2. The standard InChI is InChI=1S/C25H18BrClN4OS/c26-17-12-10-16(11-13-17)25-14-22(19-15-28-31(29-19)18-6-2-1-3-7-18)33-21-9-5-4-8-20(21)30(25)24(32)23(25)27/h1-13,15,22-23H,14H2. The fraction of sp³-hybridized carbons (Fsp3) is 0.160. The Labute approximate surface area is 208 Å². The number of β-lactam (4-membered cyclic amide) rings is 1. The molecule has 0 spiro atoms. The number of rotatable bonds is 3. The minimum absolute atomic E-state index is 0.0355. The topological polar surface area (TPSA) is 51.0 Å². The van der Waals surface area contributed by atoms with Gasteiger partial charge in [0.15, 0.2) is 0 Å². The number of hydrogen-bond donors (Lipinski definition) is 0. The van der Waals surface area contributed by atoms with Gasteiger partial charge in [0.1, 0.15) is 5.38 Å². The van der Waals surface area contributed by atoms with Crippen molar-refractivity contribution in [1.82, 2.24) is 15.0 Å². The monoisotopic (exact) mass is 536 g/mol. The quantitative estimate of drug-likeness (QED) is 0.233. The number of aromatic nitrogens is 3. The molecule has 0 bridgehead atoms. The lowest BCUT2D eigenvalue weighted by Gasteiger charge is -2.55.